The van der Waals surface area contributed by atoms with Gasteiger partial charge < -0.3 is 24.8 Å². The Hall–Kier alpha value is -4.04. The van der Waals surface area contributed by atoms with E-state index in [9.17, 15) is 19.2 Å². The number of carbonyl (C=O) groups excluding carboxylic acids is 4. The third-order valence-corrected chi connectivity index (χ3v) is 7.65. The molecule has 2 N–H and O–H groups in total. The highest BCUT2D eigenvalue weighted by Gasteiger charge is 2.36. The van der Waals surface area contributed by atoms with Crippen LogP contribution in [0.15, 0.2) is 65.6 Å². The minimum Gasteiger partial charge on any atom is -0.494 e. The monoisotopic (exact) mass is 715 g/mol. The summed E-state index contributed by atoms with van der Waals surface area (Å²) in [4.78, 5) is 51.8. The van der Waals surface area contributed by atoms with Gasteiger partial charge in [0.15, 0.2) is 18.1 Å². The number of hydrogen-bond donors (Lipinski definition) is 2. The van der Waals surface area contributed by atoms with Gasteiger partial charge in [-0.2, -0.15) is 0 Å². The number of benzene rings is 3. The highest BCUT2D eigenvalue weighted by Crippen LogP contribution is 2.37. The molecule has 0 aromatic heterocycles. The largest absolute Gasteiger partial charge is 0.494 e. The van der Waals surface area contributed by atoms with E-state index in [1.807, 2.05) is 45.0 Å². The molecule has 1 aliphatic rings. The molecule has 1 fully saturated rings. The van der Waals surface area contributed by atoms with Crippen molar-refractivity contribution >= 4 is 74.8 Å². The maximum absolute atomic E-state index is 13.1. The number of ether oxygens (including phenoxy) is 3. The fraction of sp³-hybridized carbons (Fsp3) is 0.226. The highest BCUT2D eigenvalue weighted by atomic mass is 127. The zero-order valence-electron chi connectivity index (χ0n) is 23.8. The van der Waals surface area contributed by atoms with Gasteiger partial charge in [0.2, 0.25) is 5.91 Å². The van der Waals surface area contributed by atoms with E-state index < -0.39 is 23.6 Å². The number of thioether (sulfide) groups is 1. The van der Waals surface area contributed by atoms with Crippen molar-refractivity contribution in [3.05, 3.63) is 80.3 Å². The van der Waals surface area contributed by atoms with Gasteiger partial charge in [0.1, 0.15) is 12.3 Å². The van der Waals surface area contributed by atoms with Crippen LogP contribution in [0.4, 0.5) is 16.2 Å². The molecule has 43 heavy (non-hydrogen) atoms. The molecule has 0 bridgehead atoms. The summed E-state index contributed by atoms with van der Waals surface area (Å²) in [5, 5.41) is 4.93. The van der Waals surface area contributed by atoms with Crippen LogP contribution >= 0.6 is 34.4 Å². The van der Waals surface area contributed by atoms with E-state index in [2.05, 4.69) is 33.2 Å². The molecule has 0 radical (unpaired) electrons. The van der Waals surface area contributed by atoms with Crippen molar-refractivity contribution in [1.29, 1.82) is 0 Å². The summed E-state index contributed by atoms with van der Waals surface area (Å²) in [7, 11) is 0. The van der Waals surface area contributed by atoms with E-state index in [1.165, 1.54) is 0 Å². The van der Waals surface area contributed by atoms with Crippen molar-refractivity contribution in [2.24, 2.45) is 0 Å². The number of imide groups is 1. The van der Waals surface area contributed by atoms with Crippen LogP contribution in [-0.2, 0) is 14.4 Å². The molecule has 1 heterocycles. The van der Waals surface area contributed by atoms with E-state index in [-0.39, 0.29) is 17.4 Å². The molecule has 0 saturated carbocycles. The molecule has 3 aromatic carbocycles. The first-order valence-corrected chi connectivity index (χ1v) is 15.3. The Morgan fingerprint density at radius 3 is 2.16 bits per heavy atom. The first kappa shape index (κ1) is 31.9. The van der Waals surface area contributed by atoms with Gasteiger partial charge in [-0.3, -0.25) is 24.1 Å². The number of anilines is 2. The van der Waals surface area contributed by atoms with Crippen LogP contribution in [-0.4, -0.2) is 54.2 Å². The third-order valence-electron chi connectivity index (χ3n) is 5.94. The second-order valence-corrected chi connectivity index (χ2v) is 11.4. The summed E-state index contributed by atoms with van der Waals surface area (Å²) in [6, 6.07) is 17.6. The number of amides is 4. The van der Waals surface area contributed by atoms with Crippen LogP contribution in [0.1, 0.15) is 25.0 Å². The zero-order chi connectivity index (χ0) is 30.9. The van der Waals surface area contributed by atoms with Crippen LogP contribution in [0.25, 0.3) is 6.08 Å². The normalized spacial score (nSPS) is 13.7. The SMILES string of the molecule is CCOc1ccc(NC(=O)CN2C(=O)S/C(=C/c3cc(I)c(OCC(=O)Nc4ccc(C)cc4)c(OCC)c3)C2=O)cc1. The molecule has 224 valence electrons. The van der Waals surface area contributed by atoms with E-state index >= 15 is 0 Å². The van der Waals surface area contributed by atoms with Crippen molar-refractivity contribution < 1.29 is 33.4 Å². The van der Waals surface area contributed by atoms with Crippen LogP contribution < -0.4 is 24.8 Å². The predicted octanol–water partition coefficient (Wildman–Crippen LogP) is 6.09. The molecule has 4 rings (SSSR count). The molecule has 4 amide bonds. The second kappa shape index (κ2) is 14.9. The van der Waals surface area contributed by atoms with Crippen molar-refractivity contribution in [2.75, 3.05) is 37.0 Å². The lowest BCUT2D eigenvalue weighted by Gasteiger charge is -2.15. The van der Waals surface area contributed by atoms with E-state index in [0.717, 1.165) is 22.2 Å². The number of rotatable bonds is 12. The number of aryl methyl sites for hydroxylation is 1. The molecular weight excluding hydrogens is 685 g/mol. The molecule has 0 unspecified atom stereocenters. The van der Waals surface area contributed by atoms with Gasteiger partial charge in [-0.25, -0.2) is 0 Å². The molecule has 3 aromatic rings. The van der Waals surface area contributed by atoms with Gasteiger partial charge in [-0.05, 0) is 115 Å². The smallest absolute Gasteiger partial charge is 0.294 e. The Balaban J connectivity index is 1.41. The van der Waals surface area contributed by atoms with Crippen molar-refractivity contribution in [2.45, 2.75) is 20.8 Å². The number of halogens is 1. The highest BCUT2D eigenvalue weighted by molar-refractivity contribution is 14.1. The van der Waals surface area contributed by atoms with E-state index in [1.54, 1.807) is 42.5 Å². The summed E-state index contributed by atoms with van der Waals surface area (Å²) in [6.45, 7) is 5.86. The first-order valence-electron chi connectivity index (χ1n) is 13.4. The molecule has 12 heteroatoms. The number of nitrogens with zero attached hydrogens (tertiary/aromatic N) is 1. The lowest BCUT2D eigenvalue weighted by atomic mass is 10.2. The Kier molecular flexibility index (Phi) is 11.1. The fourth-order valence-corrected chi connectivity index (χ4v) is 5.60. The summed E-state index contributed by atoms with van der Waals surface area (Å²) >= 11 is 2.81. The maximum atomic E-state index is 13.1. The van der Waals surface area contributed by atoms with Gasteiger partial charge in [0.25, 0.3) is 17.1 Å². The Morgan fingerprint density at radius 1 is 0.884 bits per heavy atom. The fourth-order valence-electron chi connectivity index (χ4n) is 3.98. The molecule has 0 spiro atoms. The summed E-state index contributed by atoms with van der Waals surface area (Å²) in [6.07, 6.45) is 1.56. The lowest BCUT2D eigenvalue weighted by molar-refractivity contribution is -0.127. The molecule has 0 aliphatic carbocycles. The van der Waals surface area contributed by atoms with Gasteiger partial charge in [-0.1, -0.05) is 17.7 Å². The number of nitrogens with one attached hydrogen (secondary N) is 2. The summed E-state index contributed by atoms with van der Waals surface area (Å²) in [5.74, 6) is 0.0375. The number of carbonyl (C=O) groups is 4. The Labute approximate surface area is 267 Å². The quantitative estimate of drug-likeness (QED) is 0.171. The van der Waals surface area contributed by atoms with Gasteiger partial charge in [0, 0.05) is 11.4 Å². The minimum atomic E-state index is -0.571. The third kappa shape index (κ3) is 8.74. The summed E-state index contributed by atoms with van der Waals surface area (Å²) < 4.78 is 17.6. The van der Waals surface area contributed by atoms with Crippen LogP contribution in [0.5, 0.6) is 17.2 Å². The standard InChI is InChI=1S/C31H30IN3O7S/c1-4-40-23-12-10-22(11-13-23)33-27(36)17-35-30(38)26(43-31(35)39)16-20-14-24(32)29(25(15-20)41-5-2)42-18-28(37)34-21-8-6-19(3)7-9-21/h6-16H,4-5,17-18H2,1-3H3,(H,33,36)(H,34,37)/b26-16+. The van der Waals surface area contributed by atoms with Crippen molar-refractivity contribution in [3.8, 4) is 17.2 Å². The average molecular weight is 716 g/mol. The summed E-state index contributed by atoms with van der Waals surface area (Å²) in [5.41, 5.74) is 2.86. The lowest BCUT2D eigenvalue weighted by Crippen LogP contribution is -2.36. The average Bonchev–Trinajstić information content (AvgIpc) is 3.22. The van der Waals surface area contributed by atoms with Crippen LogP contribution in [0.2, 0.25) is 0 Å². The number of hydrogen-bond acceptors (Lipinski definition) is 8. The molecule has 0 atom stereocenters. The predicted molar refractivity (Wildman–Crippen MR) is 175 cm³/mol. The zero-order valence-corrected chi connectivity index (χ0v) is 26.7. The van der Waals surface area contributed by atoms with Gasteiger partial charge in [0.05, 0.1) is 21.7 Å². The minimum absolute atomic E-state index is 0.170. The molecular formula is C31H30IN3O7S. The van der Waals surface area contributed by atoms with Gasteiger partial charge >= 0.3 is 0 Å². The first-order chi connectivity index (χ1) is 20.7. The van der Waals surface area contributed by atoms with Crippen molar-refractivity contribution in [3.63, 3.8) is 0 Å². The molecule has 1 saturated heterocycles. The van der Waals surface area contributed by atoms with E-state index in [4.69, 9.17) is 14.2 Å². The van der Waals surface area contributed by atoms with Crippen LogP contribution in [0.3, 0.4) is 0 Å². The topological polar surface area (TPSA) is 123 Å². The Bertz CT molecular complexity index is 1540. The van der Waals surface area contributed by atoms with Crippen LogP contribution in [0, 0.1) is 10.5 Å². The van der Waals surface area contributed by atoms with Gasteiger partial charge in [-0.15, -0.1) is 0 Å². The maximum Gasteiger partial charge on any atom is 0.294 e. The molecule has 1 aliphatic heterocycles. The van der Waals surface area contributed by atoms with Crippen molar-refractivity contribution in [1.82, 2.24) is 4.90 Å². The molecule has 10 nitrogen and oxygen atoms in total. The van der Waals surface area contributed by atoms with E-state index in [0.29, 0.717) is 51.0 Å². The Morgan fingerprint density at radius 2 is 1.51 bits per heavy atom. The second-order valence-electron chi connectivity index (χ2n) is 9.24.